The van der Waals surface area contributed by atoms with Gasteiger partial charge in [0, 0.05) is 11.5 Å². The van der Waals surface area contributed by atoms with Crippen LogP contribution in [0.25, 0.3) is 11.1 Å². The summed E-state index contributed by atoms with van der Waals surface area (Å²) in [7, 11) is 0. The van der Waals surface area contributed by atoms with Crippen LogP contribution in [0.2, 0.25) is 0 Å². The van der Waals surface area contributed by atoms with E-state index in [1.54, 1.807) is 0 Å². The molecule has 0 aromatic heterocycles. The van der Waals surface area contributed by atoms with Gasteiger partial charge in [0.05, 0.1) is 13.2 Å². The summed E-state index contributed by atoms with van der Waals surface area (Å²) in [5.41, 5.74) is 5.06. The van der Waals surface area contributed by atoms with Gasteiger partial charge in [0.1, 0.15) is 0 Å². The lowest BCUT2D eigenvalue weighted by molar-refractivity contribution is -0.214. The van der Waals surface area contributed by atoms with E-state index in [4.69, 9.17) is 9.47 Å². The highest BCUT2D eigenvalue weighted by Gasteiger charge is 2.32. The van der Waals surface area contributed by atoms with Crippen LogP contribution in [0.5, 0.6) is 0 Å². The van der Waals surface area contributed by atoms with E-state index < -0.39 is 0 Å². The summed E-state index contributed by atoms with van der Waals surface area (Å²) < 4.78 is 12.3. The Hall–Kier alpha value is -1.64. The van der Waals surface area contributed by atoms with Gasteiger partial charge in [-0.2, -0.15) is 0 Å². The van der Waals surface area contributed by atoms with Crippen LogP contribution >= 0.6 is 0 Å². The van der Waals surface area contributed by atoms with Crippen LogP contribution in [-0.4, -0.2) is 13.2 Å². The van der Waals surface area contributed by atoms with Crippen LogP contribution < -0.4 is 0 Å². The van der Waals surface area contributed by atoms with Crippen LogP contribution in [0.1, 0.15) is 76.2 Å². The lowest BCUT2D eigenvalue weighted by Gasteiger charge is -2.37. The molecule has 0 spiro atoms. The van der Waals surface area contributed by atoms with E-state index in [0.29, 0.717) is 5.92 Å². The van der Waals surface area contributed by atoms with Crippen molar-refractivity contribution in [2.45, 2.75) is 71.5 Å². The summed E-state index contributed by atoms with van der Waals surface area (Å²) in [5, 5.41) is 0. The van der Waals surface area contributed by atoms with Crippen molar-refractivity contribution in [1.82, 2.24) is 0 Å². The van der Waals surface area contributed by atoms with Gasteiger partial charge in [-0.3, -0.25) is 0 Å². The normalized spacial score (nSPS) is 27.1. The smallest absolute Gasteiger partial charge is 0.183 e. The van der Waals surface area contributed by atoms with Crippen molar-refractivity contribution in [1.29, 1.82) is 0 Å². The van der Waals surface area contributed by atoms with Crippen molar-refractivity contribution in [2.24, 2.45) is 17.8 Å². The molecule has 1 saturated heterocycles. The highest BCUT2D eigenvalue weighted by atomic mass is 16.7. The fourth-order valence-corrected chi connectivity index (χ4v) is 5.32. The van der Waals surface area contributed by atoms with E-state index in [1.807, 2.05) is 0 Å². The van der Waals surface area contributed by atoms with Crippen molar-refractivity contribution in [3.63, 3.8) is 0 Å². The maximum absolute atomic E-state index is 6.17. The number of benzene rings is 2. The number of hydrogen-bond donors (Lipinski definition) is 0. The maximum Gasteiger partial charge on any atom is 0.183 e. The molecule has 1 saturated carbocycles. The van der Waals surface area contributed by atoms with Crippen LogP contribution in [0.4, 0.5) is 0 Å². The van der Waals surface area contributed by atoms with E-state index >= 15 is 0 Å². The largest absolute Gasteiger partial charge is 0.348 e. The number of ether oxygens (including phenoxy) is 2. The van der Waals surface area contributed by atoms with E-state index in [2.05, 4.69) is 62.4 Å². The van der Waals surface area contributed by atoms with Crippen molar-refractivity contribution >= 4 is 0 Å². The van der Waals surface area contributed by atoms with Crippen molar-refractivity contribution in [2.75, 3.05) is 13.2 Å². The van der Waals surface area contributed by atoms with Gasteiger partial charge in [-0.15, -0.1) is 0 Å². The summed E-state index contributed by atoms with van der Waals surface area (Å²) in [6, 6.07) is 17.7. The van der Waals surface area contributed by atoms with Gasteiger partial charge in [-0.05, 0) is 47.8 Å². The van der Waals surface area contributed by atoms with Crippen LogP contribution in [-0.2, 0) is 15.9 Å². The molecule has 0 atom stereocenters. The van der Waals surface area contributed by atoms with Crippen LogP contribution in [0, 0.1) is 17.8 Å². The zero-order valence-electron chi connectivity index (χ0n) is 18.8. The lowest BCUT2D eigenvalue weighted by Crippen LogP contribution is -2.34. The second-order valence-electron chi connectivity index (χ2n) is 9.40. The third kappa shape index (κ3) is 5.34. The van der Waals surface area contributed by atoms with Crippen molar-refractivity contribution in [3.05, 3.63) is 59.7 Å². The molecule has 2 aromatic rings. The molecule has 2 nitrogen and oxygen atoms in total. The molecule has 1 heterocycles. The van der Waals surface area contributed by atoms with Gasteiger partial charge < -0.3 is 9.47 Å². The second-order valence-corrected chi connectivity index (χ2v) is 9.40. The zero-order valence-corrected chi connectivity index (χ0v) is 18.8. The quantitative estimate of drug-likeness (QED) is 0.472. The van der Waals surface area contributed by atoms with Gasteiger partial charge in [0.2, 0.25) is 0 Å². The van der Waals surface area contributed by atoms with E-state index in [1.165, 1.54) is 61.6 Å². The third-order valence-corrected chi connectivity index (χ3v) is 7.19. The molecule has 1 aliphatic heterocycles. The highest BCUT2D eigenvalue weighted by Crippen LogP contribution is 2.38. The predicted molar refractivity (Wildman–Crippen MR) is 124 cm³/mol. The highest BCUT2D eigenvalue weighted by molar-refractivity contribution is 5.64. The molecule has 30 heavy (non-hydrogen) atoms. The Kier molecular flexibility index (Phi) is 7.62. The number of hydrogen-bond acceptors (Lipinski definition) is 2. The van der Waals surface area contributed by atoms with E-state index in [9.17, 15) is 0 Å². The molecule has 4 rings (SSSR count). The Morgan fingerprint density at radius 1 is 0.700 bits per heavy atom. The molecular weight excluding hydrogens is 368 g/mol. The first kappa shape index (κ1) is 21.6. The Morgan fingerprint density at radius 3 is 1.87 bits per heavy atom. The summed E-state index contributed by atoms with van der Waals surface area (Å²) in [6.45, 7) is 6.22. The predicted octanol–water partition coefficient (Wildman–Crippen LogP) is 7.57. The molecule has 2 aliphatic rings. The topological polar surface area (TPSA) is 18.5 Å². The molecule has 1 aliphatic carbocycles. The van der Waals surface area contributed by atoms with Gasteiger partial charge in [0.25, 0.3) is 0 Å². The van der Waals surface area contributed by atoms with Crippen molar-refractivity contribution < 1.29 is 9.47 Å². The lowest BCUT2D eigenvalue weighted by atomic mass is 9.75. The minimum atomic E-state index is -0.210. The molecule has 0 bridgehead atoms. The second kappa shape index (κ2) is 10.6. The first-order valence-electron chi connectivity index (χ1n) is 12.2. The molecule has 2 fully saturated rings. The minimum absolute atomic E-state index is 0.210. The van der Waals surface area contributed by atoms with Gasteiger partial charge in [-0.1, -0.05) is 94.5 Å². The monoisotopic (exact) mass is 406 g/mol. The minimum Gasteiger partial charge on any atom is -0.348 e. The average molecular weight is 407 g/mol. The summed E-state index contributed by atoms with van der Waals surface area (Å²) >= 11 is 0. The maximum atomic E-state index is 6.17. The fourth-order valence-electron chi connectivity index (χ4n) is 5.32. The molecule has 162 valence electrons. The molecule has 0 radical (unpaired) electrons. The van der Waals surface area contributed by atoms with Crippen molar-refractivity contribution in [3.8, 4) is 11.1 Å². The number of aryl methyl sites for hydroxylation is 1. The van der Waals surface area contributed by atoms with Crippen LogP contribution in [0.15, 0.2) is 48.5 Å². The SMILES string of the molecule is CCCc1ccc(-c2ccc([C@H]3OC[C@H](C4CCC(CCC)CC4)CO3)cc2)cc1. The first-order chi connectivity index (χ1) is 14.8. The Bertz CT molecular complexity index is 748. The van der Waals surface area contributed by atoms with Gasteiger partial charge >= 0.3 is 0 Å². The van der Waals surface area contributed by atoms with E-state index in [0.717, 1.165) is 37.0 Å². The molecular formula is C28H38O2. The fraction of sp³-hybridized carbons (Fsp3) is 0.571. The summed E-state index contributed by atoms with van der Waals surface area (Å²) in [6.07, 6.45) is 10.4. The molecule has 2 heteroatoms. The summed E-state index contributed by atoms with van der Waals surface area (Å²) in [4.78, 5) is 0. The summed E-state index contributed by atoms with van der Waals surface area (Å²) in [5.74, 6) is 2.33. The molecule has 0 unspecified atom stereocenters. The molecule has 0 amide bonds. The molecule has 2 aromatic carbocycles. The first-order valence-corrected chi connectivity index (χ1v) is 12.2. The standard InChI is InChI=1S/C28H38O2/c1-3-5-21-7-11-23(12-8-21)24-15-17-26(18-16-24)28-29-19-27(20-30-28)25-13-9-22(6-4-2)10-14-25/h7-8,11-12,15-18,22,25,27-28H,3-6,9-10,13-14,19-20H2,1-2H3/t22?,25?,27-,28-. The zero-order chi connectivity index (χ0) is 20.8. The Balaban J connectivity index is 1.29. The van der Waals surface area contributed by atoms with E-state index in [-0.39, 0.29) is 6.29 Å². The van der Waals surface area contributed by atoms with Gasteiger partial charge in [-0.25, -0.2) is 0 Å². The Labute approximate surface area is 183 Å². The third-order valence-electron chi connectivity index (χ3n) is 7.19. The Morgan fingerprint density at radius 2 is 1.30 bits per heavy atom. The van der Waals surface area contributed by atoms with Crippen LogP contribution in [0.3, 0.4) is 0 Å². The molecule has 0 N–H and O–H groups in total. The number of rotatable bonds is 7. The van der Waals surface area contributed by atoms with Gasteiger partial charge in [0.15, 0.2) is 6.29 Å². The average Bonchev–Trinajstić information content (AvgIpc) is 2.81.